The number of ether oxygens (including phenoxy) is 2. The smallest absolute Gasteiger partial charge is 0.431 e. The molecular formula is C15H15N2O2S+. The summed E-state index contributed by atoms with van der Waals surface area (Å²) in [5, 5.41) is 9.08. The second-order valence-electron chi connectivity index (χ2n) is 4.19. The molecule has 0 unspecified atom stereocenters. The van der Waals surface area contributed by atoms with Gasteiger partial charge in [0.1, 0.15) is 5.75 Å². The number of diazo groups is 1. The van der Waals surface area contributed by atoms with E-state index in [9.17, 15) is 0 Å². The van der Waals surface area contributed by atoms with Crippen LogP contribution in [0.3, 0.4) is 0 Å². The van der Waals surface area contributed by atoms with Crippen LogP contribution in [0.25, 0.3) is 4.98 Å². The second-order valence-corrected chi connectivity index (χ2v) is 5.31. The van der Waals surface area contributed by atoms with Crippen LogP contribution in [0.2, 0.25) is 0 Å². The van der Waals surface area contributed by atoms with Crippen LogP contribution in [-0.4, -0.2) is 14.2 Å². The van der Waals surface area contributed by atoms with Crippen molar-refractivity contribution >= 4 is 17.4 Å². The van der Waals surface area contributed by atoms with Crippen LogP contribution in [-0.2, 0) is 0 Å². The molecule has 4 nitrogen and oxygen atoms in total. The number of rotatable bonds is 4. The average molecular weight is 287 g/mol. The van der Waals surface area contributed by atoms with Gasteiger partial charge in [-0.1, -0.05) is 29.5 Å². The third kappa shape index (κ3) is 3.03. The highest BCUT2D eigenvalue weighted by molar-refractivity contribution is 7.99. The van der Waals surface area contributed by atoms with Crippen LogP contribution >= 0.6 is 11.8 Å². The number of methoxy groups -OCH3 is 2. The zero-order valence-corrected chi connectivity index (χ0v) is 12.4. The van der Waals surface area contributed by atoms with Crippen molar-refractivity contribution in [3.05, 3.63) is 46.9 Å². The molecule has 0 aromatic heterocycles. The lowest BCUT2D eigenvalue weighted by Gasteiger charge is -2.08. The summed E-state index contributed by atoms with van der Waals surface area (Å²) in [5.41, 5.74) is 1.56. The summed E-state index contributed by atoms with van der Waals surface area (Å²) >= 11 is 1.53. The van der Waals surface area contributed by atoms with Crippen molar-refractivity contribution in [2.75, 3.05) is 14.2 Å². The molecule has 2 aromatic rings. The first-order valence-corrected chi connectivity index (χ1v) is 6.85. The number of aryl methyl sites for hydroxylation is 1. The third-order valence-corrected chi connectivity index (χ3v) is 3.84. The van der Waals surface area contributed by atoms with E-state index in [1.54, 1.807) is 20.3 Å². The highest BCUT2D eigenvalue weighted by Gasteiger charge is 2.22. The highest BCUT2D eigenvalue weighted by atomic mass is 32.2. The third-order valence-electron chi connectivity index (χ3n) is 2.81. The zero-order chi connectivity index (χ0) is 14.5. The van der Waals surface area contributed by atoms with Crippen molar-refractivity contribution in [3.63, 3.8) is 0 Å². The molecular weight excluding hydrogens is 272 g/mol. The van der Waals surface area contributed by atoms with Gasteiger partial charge < -0.3 is 9.47 Å². The topological polar surface area (TPSA) is 46.6 Å². The van der Waals surface area contributed by atoms with E-state index in [-0.39, 0.29) is 0 Å². The Kier molecular flexibility index (Phi) is 4.49. The Balaban J connectivity index is 2.44. The minimum absolute atomic E-state index is 0.349. The molecule has 0 fully saturated rings. The van der Waals surface area contributed by atoms with Gasteiger partial charge in [0.25, 0.3) is 0 Å². The fraction of sp³-hybridized carbons (Fsp3) is 0.200. The number of nitrogens with zero attached hydrogens (tertiary/aromatic N) is 2. The van der Waals surface area contributed by atoms with Crippen molar-refractivity contribution in [2.24, 2.45) is 0 Å². The molecule has 0 N–H and O–H groups in total. The van der Waals surface area contributed by atoms with E-state index in [1.807, 2.05) is 37.3 Å². The summed E-state index contributed by atoms with van der Waals surface area (Å²) in [4.78, 5) is 5.16. The summed E-state index contributed by atoms with van der Waals surface area (Å²) in [6, 6.07) is 11.7. The van der Waals surface area contributed by atoms with Crippen molar-refractivity contribution in [1.82, 2.24) is 0 Å². The lowest BCUT2D eigenvalue weighted by molar-refractivity contribution is 0.396. The van der Waals surface area contributed by atoms with E-state index in [0.717, 1.165) is 9.79 Å². The molecule has 0 aliphatic carbocycles. The molecule has 0 saturated heterocycles. The van der Waals surface area contributed by atoms with E-state index >= 15 is 0 Å². The van der Waals surface area contributed by atoms with Gasteiger partial charge in [-0.15, -0.1) is 0 Å². The summed E-state index contributed by atoms with van der Waals surface area (Å²) in [5.74, 6) is 1.15. The number of hydrogen-bond acceptors (Lipinski definition) is 4. The van der Waals surface area contributed by atoms with E-state index in [0.29, 0.717) is 17.2 Å². The van der Waals surface area contributed by atoms with Gasteiger partial charge in [0, 0.05) is 4.90 Å². The van der Waals surface area contributed by atoms with Gasteiger partial charge in [0.15, 0.2) is 4.98 Å². The second kappa shape index (κ2) is 6.31. The SMILES string of the molecule is COc1cc([N+]#N)c(OC)c(Sc2ccc(C)cc2)c1. The van der Waals surface area contributed by atoms with Crippen LogP contribution in [0.4, 0.5) is 5.69 Å². The molecule has 0 heterocycles. The molecule has 0 amide bonds. The molecule has 0 aliphatic rings. The average Bonchev–Trinajstić information content (AvgIpc) is 2.48. The Morgan fingerprint density at radius 3 is 2.30 bits per heavy atom. The van der Waals surface area contributed by atoms with E-state index in [1.165, 1.54) is 17.3 Å². The number of benzene rings is 2. The minimum atomic E-state index is 0.349. The molecule has 0 atom stereocenters. The zero-order valence-electron chi connectivity index (χ0n) is 11.6. The van der Waals surface area contributed by atoms with Crippen LogP contribution < -0.4 is 9.47 Å². The quantitative estimate of drug-likeness (QED) is 0.768. The maximum atomic E-state index is 9.08. The van der Waals surface area contributed by atoms with Gasteiger partial charge >= 0.3 is 5.69 Å². The maximum absolute atomic E-state index is 9.08. The molecule has 0 saturated carbocycles. The largest absolute Gasteiger partial charge is 0.496 e. The first kappa shape index (κ1) is 14.2. The lowest BCUT2D eigenvalue weighted by Crippen LogP contribution is -1.90. The fourth-order valence-corrected chi connectivity index (χ4v) is 2.75. The summed E-state index contributed by atoms with van der Waals surface area (Å²) in [6.07, 6.45) is 0. The van der Waals surface area contributed by atoms with Gasteiger partial charge in [-0.25, -0.2) is 0 Å². The van der Waals surface area contributed by atoms with Gasteiger partial charge in [0.05, 0.1) is 25.2 Å². The molecule has 0 spiro atoms. The Bertz CT molecular complexity index is 648. The first-order valence-electron chi connectivity index (χ1n) is 6.03. The molecule has 102 valence electrons. The molecule has 5 heteroatoms. The highest BCUT2D eigenvalue weighted by Crippen LogP contribution is 2.43. The maximum Gasteiger partial charge on any atom is 0.431 e. The minimum Gasteiger partial charge on any atom is -0.496 e. The summed E-state index contributed by atoms with van der Waals surface area (Å²) in [7, 11) is 3.12. The first-order chi connectivity index (χ1) is 9.67. The molecule has 0 radical (unpaired) electrons. The molecule has 20 heavy (non-hydrogen) atoms. The van der Waals surface area contributed by atoms with Gasteiger partial charge in [-0.2, -0.15) is 0 Å². The number of hydrogen-bond donors (Lipinski definition) is 0. The predicted octanol–water partition coefficient (Wildman–Crippen LogP) is 4.65. The van der Waals surface area contributed by atoms with E-state index in [2.05, 4.69) is 4.98 Å². The molecule has 0 bridgehead atoms. The normalized spacial score (nSPS) is 9.90. The van der Waals surface area contributed by atoms with Crippen LogP contribution in [0.1, 0.15) is 5.56 Å². The Morgan fingerprint density at radius 1 is 1.05 bits per heavy atom. The van der Waals surface area contributed by atoms with Gasteiger partial charge in [-0.05, 0) is 25.1 Å². The monoisotopic (exact) mass is 287 g/mol. The van der Waals surface area contributed by atoms with Crippen molar-refractivity contribution in [3.8, 4) is 11.5 Å². The Hall–Kier alpha value is -2.19. The van der Waals surface area contributed by atoms with Crippen LogP contribution in [0.15, 0.2) is 46.2 Å². The van der Waals surface area contributed by atoms with Crippen molar-refractivity contribution in [1.29, 1.82) is 5.39 Å². The Labute approximate surface area is 122 Å². The molecule has 2 aromatic carbocycles. The standard InChI is InChI=1S/C15H15N2O2S/c1-10-4-6-12(7-5-10)20-14-9-11(18-2)8-13(17-16)15(14)19-3/h4-9H,1-3H3/q+1. The molecule has 2 rings (SSSR count). The lowest BCUT2D eigenvalue weighted by atomic mass is 10.2. The van der Waals surface area contributed by atoms with Gasteiger partial charge in [-0.3, -0.25) is 0 Å². The summed E-state index contributed by atoms with van der Waals surface area (Å²) < 4.78 is 10.5. The van der Waals surface area contributed by atoms with E-state index in [4.69, 9.17) is 14.9 Å². The summed E-state index contributed by atoms with van der Waals surface area (Å²) in [6.45, 7) is 2.04. The predicted molar refractivity (Wildman–Crippen MR) is 79.6 cm³/mol. The van der Waals surface area contributed by atoms with Crippen molar-refractivity contribution in [2.45, 2.75) is 16.7 Å². The van der Waals surface area contributed by atoms with Crippen molar-refractivity contribution < 1.29 is 9.47 Å². The van der Waals surface area contributed by atoms with Crippen LogP contribution in [0, 0.1) is 12.3 Å². The fourth-order valence-electron chi connectivity index (χ4n) is 1.77. The van der Waals surface area contributed by atoms with E-state index < -0.39 is 0 Å². The Morgan fingerprint density at radius 2 is 1.75 bits per heavy atom. The molecule has 0 aliphatic heterocycles. The van der Waals surface area contributed by atoms with Crippen LogP contribution in [0.5, 0.6) is 11.5 Å². The van der Waals surface area contributed by atoms with Gasteiger partial charge in [0.2, 0.25) is 11.1 Å².